The van der Waals surface area contributed by atoms with E-state index >= 15 is 0 Å². The monoisotopic (exact) mass is 452 g/mol. The lowest BCUT2D eigenvalue weighted by Crippen LogP contribution is -2.38. The number of fused-ring (bicyclic) bond motifs is 5. The highest BCUT2D eigenvalue weighted by Crippen LogP contribution is 2.59. The summed E-state index contributed by atoms with van der Waals surface area (Å²) in [6, 6.07) is 5.45. The molecule has 3 aliphatic rings. The van der Waals surface area contributed by atoms with Gasteiger partial charge < -0.3 is 10.1 Å². The van der Waals surface area contributed by atoms with E-state index in [2.05, 4.69) is 5.32 Å². The van der Waals surface area contributed by atoms with Gasteiger partial charge in [-0.2, -0.15) is 0 Å². The Labute approximate surface area is 184 Å². The number of hydrogen-bond donors (Lipinski definition) is 1. The molecule has 3 fully saturated rings. The number of rotatable bonds is 5. The molecule has 1 aromatic carbocycles. The molecule has 0 spiro atoms. The van der Waals surface area contributed by atoms with Crippen LogP contribution in [0.25, 0.3) is 0 Å². The van der Waals surface area contributed by atoms with Crippen LogP contribution in [0, 0.1) is 37.5 Å². The van der Waals surface area contributed by atoms with Crippen LogP contribution in [0.2, 0.25) is 0 Å². The number of alkyl halides is 2. The van der Waals surface area contributed by atoms with Crippen LogP contribution >= 0.6 is 23.2 Å². The van der Waals surface area contributed by atoms with Crippen LogP contribution in [0.15, 0.2) is 18.2 Å². The maximum Gasteiger partial charge on any atom is 0.326 e. The number of nitrogens with zero attached hydrogens (tertiary/aromatic N) is 1. The molecular weight excluding hydrogens is 431 g/mol. The van der Waals surface area contributed by atoms with Crippen LogP contribution in [0.4, 0.5) is 5.69 Å². The third kappa shape index (κ3) is 3.48. The number of imide groups is 1. The van der Waals surface area contributed by atoms with E-state index in [1.165, 1.54) is 0 Å². The Kier molecular flexibility index (Phi) is 5.53. The van der Waals surface area contributed by atoms with E-state index in [9.17, 15) is 19.2 Å². The van der Waals surface area contributed by atoms with Crippen molar-refractivity contribution >= 4 is 52.6 Å². The lowest BCUT2D eigenvalue weighted by Gasteiger charge is -2.28. The lowest BCUT2D eigenvalue weighted by molar-refractivity contribution is -0.154. The summed E-state index contributed by atoms with van der Waals surface area (Å²) in [4.78, 5) is 50.6. The largest absolute Gasteiger partial charge is 0.454 e. The second-order valence-corrected chi connectivity index (χ2v) is 9.28. The minimum Gasteiger partial charge on any atom is -0.454 e. The molecule has 0 radical (unpaired) electrons. The first-order chi connectivity index (χ1) is 14.2. The highest BCUT2D eigenvalue weighted by Gasteiger charge is 2.66. The van der Waals surface area contributed by atoms with Gasteiger partial charge in [-0.15, -0.1) is 23.2 Å². The van der Waals surface area contributed by atoms with Crippen molar-refractivity contribution in [1.29, 1.82) is 0 Å². The van der Waals surface area contributed by atoms with Gasteiger partial charge in [0.25, 0.3) is 5.91 Å². The summed E-state index contributed by atoms with van der Waals surface area (Å²) in [5.74, 6) is -3.44. The number of amides is 3. The third-order valence-electron chi connectivity index (χ3n) is 6.52. The first-order valence-electron chi connectivity index (χ1n) is 9.85. The van der Waals surface area contributed by atoms with Crippen molar-refractivity contribution in [3.05, 3.63) is 29.3 Å². The average molecular weight is 453 g/mol. The zero-order chi connectivity index (χ0) is 21.7. The van der Waals surface area contributed by atoms with Gasteiger partial charge in [-0.05, 0) is 55.4 Å². The number of halogens is 2. The number of nitrogens with one attached hydrogen (secondary N) is 1. The van der Waals surface area contributed by atoms with Gasteiger partial charge in [0.2, 0.25) is 11.8 Å². The minimum absolute atomic E-state index is 0.148. The highest BCUT2D eigenvalue weighted by molar-refractivity contribution is 6.31. The van der Waals surface area contributed by atoms with Crippen LogP contribution in [0.1, 0.15) is 17.5 Å². The van der Waals surface area contributed by atoms with Crippen LogP contribution in [0.3, 0.4) is 0 Å². The van der Waals surface area contributed by atoms with Crippen LogP contribution in [-0.4, -0.2) is 52.5 Å². The molecule has 1 aromatic rings. The fraction of sp³-hybridized carbons (Fsp3) is 0.524. The molecule has 1 heterocycles. The summed E-state index contributed by atoms with van der Waals surface area (Å²) < 4.78 is 4.97. The summed E-state index contributed by atoms with van der Waals surface area (Å²) in [6.07, 6.45) is 0.659. The molecule has 3 amide bonds. The Balaban J connectivity index is 1.31. The Morgan fingerprint density at radius 1 is 1.07 bits per heavy atom. The molecule has 7 nitrogen and oxygen atoms in total. The van der Waals surface area contributed by atoms with Crippen LogP contribution in [-0.2, 0) is 23.9 Å². The number of benzene rings is 1. The van der Waals surface area contributed by atoms with E-state index in [0.29, 0.717) is 12.1 Å². The average Bonchev–Trinajstić information content (AvgIpc) is 3.30. The number of likely N-dealkylation sites (tertiary alicyclic amines) is 1. The van der Waals surface area contributed by atoms with E-state index in [1.807, 2.05) is 26.0 Å². The van der Waals surface area contributed by atoms with Gasteiger partial charge in [0, 0.05) is 5.69 Å². The second kappa shape index (κ2) is 7.85. The number of ether oxygens (including phenoxy) is 1. The first-order valence-corrected chi connectivity index (χ1v) is 10.7. The quantitative estimate of drug-likeness (QED) is 0.420. The van der Waals surface area contributed by atoms with E-state index in [-0.39, 0.29) is 22.6 Å². The Hall–Kier alpha value is -2.12. The summed E-state index contributed by atoms with van der Waals surface area (Å²) in [7, 11) is 0. The molecule has 2 aliphatic carbocycles. The summed E-state index contributed by atoms with van der Waals surface area (Å²) in [5, 5.41) is 1.94. The molecule has 1 saturated heterocycles. The van der Waals surface area contributed by atoms with Gasteiger partial charge in [0.1, 0.15) is 6.54 Å². The molecular formula is C21H22Cl2N2O5. The first kappa shape index (κ1) is 21.1. The van der Waals surface area contributed by atoms with Gasteiger partial charge in [-0.25, -0.2) is 0 Å². The predicted molar refractivity (Wildman–Crippen MR) is 110 cm³/mol. The van der Waals surface area contributed by atoms with Gasteiger partial charge in [-0.3, -0.25) is 24.1 Å². The standard InChI is InChI=1S/C21H22Cl2N2O5/c1-9-3-4-11(5-10(9)2)24-14(26)8-30-15(27)7-25-20(28)16-12-6-13(17(16)21(25)29)19(23)18(12)22/h3-5,12-13,16-19H,6-8H2,1-2H3,(H,24,26)/t12-,13-,16-,17+,18+,19+/m1/s1. The maximum atomic E-state index is 12.7. The summed E-state index contributed by atoms with van der Waals surface area (Å²) in [5.41, 5.74) is 2.71. The van der Waals surface area contributed by atoms with Crippen molar-refractivity contribution in [3.8, 4) is 0 Å². The molecule has 2 bridgehead atoms. The van der Waals surface area contributed by atoms with Crippen molar-refractivity contribution in [2.75, 3.05) is 18.5 Å². The van der Waals surface area contributed by atoms with Gasteiger partial charge >= 0.3 is 5.97 Å². The number of carbonyl (C=O) groups excluding carboxylic acids is 4. The fourth-order valence-corrected chi connectivity index (χ4v) is 5.80. The lowest BCUT2D eigenvalue weighted by atomic mass is 9.80. The topological polar surface area (TPSA) is 92.8 Å². The van der Waals surface area contributed by atoms with Crippen LogP contribution < -0.4 is 5.32 Å². The molecule has 1 aliphatic heterocycles. The number of anilines is 1. The molecule has 6 atom stereocenters. The minimum atomic E-state index is -0.816. The van der Waals surface area contributed by atoms with Crippen molar-refractivity contribution in [3.63, 3.8) is 0 Å². The predicted octanol–water partition coefficient (Wildman–Crippen LogP) is 2.25. The van der Waals surface area contributed by atoms with Gasteiger partial charge in [0.15, 0.2) is 6.61 Å². The van der Waals surface area contributed by atoms with Gasteiger partial charge in [0.05, 0.1) is 22.6 Å². The Morgan fingerprint density at radius 3 is 2.23 bits per heavy atom. The summed E-state index contributed by atoms with van der Waals surface area (Å²) in [6.45, 7) is 2.87. The zero-order valence-corrected chi connectivity index (χ0v) is 18.1. The fourth-order valence-electron chi connectivity index (χ4n) is 4.90. The molecule has 0 unspecified atom stereocenters. The number of carbonyl (C=O) groups is 4. The third-order valence-corrected chi connectivity index (χ3v) is 7.84. The SMILES string of the molecule is Cc1ccc(NC(=O)COC(=O)CN2C(=O)[C@@H]3[C@H]4C[C@@H]([C@H](Cl)[C@H]4Cl)[C@@H]3C2=O)cc1C. The second-order valence-electron chi connectivity index (χ2n) is 8.27. The molecule has 2 saturated carbocycles. The normalized spacial score (nSPS) is 31.8. The van der Waals surface area contributed by atoms with Gasteiger partial charge in [-0.1, -0.05) is 6.07 Å². The van der Waals surface area contributed by atoms with E-state index in [0.717, 1.165) is 16.0 Å². The van der Waals surface area contributed by atoms with Crippen molar-refractivity contribution in [1.82, 2.24) is 4.90 Å². The molecule has 4 rings (SSSR count). The number of aryl methyl sites for hydroxylation is 2. The number of hydrogen-bond acceptors (Lipinski definition) is 5. The van der Waals surface area contributed by atoms with Crippen molar-refractivity contribution in [2.45, 2.75) is 31.0 Å². The molecule has 160 valence electrons. The number of esters is 1. The Morgan fingerprint density at radius 2 is 1.67 bits per heavy atom. The highest BCUT2D eigenvalue weighted by atomic mass is 35.5. The summed E-state index contributed by atoms with van der Waals surface area (Å²) >= 11 is 12.6. The molecule has 9 heteroatoms. The van der Waals surface area contributed by atoms with Crippen LogP contribution in [0.5, 0.6) is 0 Å². The Bertz CT molecular complexity index is 904. The van der Waals surface area contributed by atoms with Crippen molar-refractivity contribution in [2.24, 2.45) is 23.7 Å². The molecule has 30 heavy (non-hydrogen) atoms. The smallest absolute Gasteiger partial charge is 0.326 e. The zero-order valence-electron chi connectivity index (χ0n) is 16.6. The van der Waals surface area contributed by atoms with Crippen molar-refractivity contribution < 1.29 is 23.9 Å². The van der Waals surface area contributed by atoms with E-state index in [4.69, 9.17) is 27.9 Å². The maximum absolute atomic E-state index is 12.7. The molecule has 0 aromatic heterocycles. The molecule has 1 N–H and O–H groups in total. The van der Waals surface area contributed by atoms with E-state index in [1.54, 1.807) is 6.07 Å². The van der Waals surface area contributed by atoms with E-state index < -0.39 is 48.7 Å².